The third-order valence-corrected chi connectivity index (χ3v) is 4.32. The fourth-order valence-corrected chi connectivity index (χ4v) is 2.69. The van der Waals surface area contributed by atoms with Crippen molar-refractivity contribution in [1.82, 2.24) is 4.98 Å². The number of rotatable bonds is 7. The number of anilines is 1. The summed E-state index contributed by atoms with van der Waals surface area (Å²) in [7, 11) is 1.62. The molecule has 0 radical (unpaired) electrons. The fraction of sp³-hybridized carbons (Fsp3) is 0.217. The summed E-state index contributed by atoms with van der Waals surface area (Å²) in [6.45, 7) is 4.74. The van der Waals surface area contributed by atoms with Crippen LogP contribution in [0, 0.1) is 0 Å². The van der Waals surface area contributed by atoms with Gasteiger partial charge in [0.15, 0.2) is 5.96 Å². The van der Waals surface area contributed by atoms with Crippen LogP contribution in [0.15, 0.2) is 71.9 Å². The normalized spacial score (nSPS) is 11.0. The second-order valence-corrected chi connectivity index (χ2v) is 6.89. The number of halogens is 1. The highest BCUT2D eigenvalue weighted by molar-refractivity contribution is 14.0. The van der Waals surface area contributed by atoms with Crippen LogP contribution in [-0.2, 0) is 6.54 Å². The Balaban J connectivity index is 0.00000320. The van der Waals surface area contributed by atoms with Crippen LogP contribution in [-0.4, -0.2) is 18.1 Å². The van der Waals surface area contributed by atoms with Crippen molar-refractivity contribution in [1.29, 1.82) is 0 Å². The predicted molar refractivity (Wildman–Crippen MR) is 132 cm³/mol. The summed E-state index contributed by atoms with van der Waals surface area (Å²) >= 11 is 0. The highest BCUT2D eigenvalue weighted by Crippen LogP contribution is 2.24. The van der Waals surface area contributed by atoms with Crippen molar-refractivity contribution in [2.24, 2.45) is 10.7 Å². The van der Waals surface area contributed by atoms with Gasteiger partial charge in [-0.2, -0.15) is 0 Å². The van der Waals surface area contributed by atoms with E-state index in [0.29, 0.717) is 30.1 Å². The van der Waals surface area contributed by atoms with Gasteiger partial charge in [0.2, 0.25) is 5.88 Å². The first-order valence-electron chi connectivity index (χ1n) is 9.47. The van der Waals surface area contributed by atoms with E-state index in [9.17, 15) is 0 Å². The molecule has 0 saturated carbocycles. The zero-order chi connectivity index (χ0) is 20.6. The Kier molecular flexibility index (Phi) is 8.91. The van der Waals surface area contributed by atoms with Crippen molar-refractivity contribution in [3.63, 3.8) is 0 Å². The monoisotopic (exact) mass is 518 g/mol. The van der Waals surface area contributed by atoms with E-state index in [-0.39, 0.29) is 24.0 Å². The molecular formula is C23H27IN4O2. The van der Waals surface area contributed by atoms with Gasteiger partial charge in [0.25, 0.3) is 0 Å². The van der Waals surface area contributed by atoms with E-state index in [4.69, 9.17) is 15.2 Å². The Bertz CT molecular complexity index is 975. The van der Waals surface area contributed by atoms with Gasteiger partial charge in [-0.3, -0.25) is 0 Å². The molecular weight excluding hydrogens is 491 g/mol. The van der Waals surface area contributed by atoms with E-state index in [2.05, 4.69) is 41.3 Å². The molecule has 30 heavy (non-hydrogen) atoms. The Morgan fingerprint density at radius 3 is 2.53 bits per heavy atom. The van der Waals surface area contributed by atoms with Crippen LogP contribution in [0.4, 0.5) is 5.69 Å². The lowest BCUT2D eigenvalue weighted by Crippen LogP contribution is -2.22. The van der Waals surface area contributed by atoms with Crippen molar-refractivity contribution in [3.8, 4) is 17.4 Å². The van der Waals surface area contributed by atoms with E-state index in [1.54, 1.807) is 25.4 Å². The number of hydrogen-bond acceptors (Lipinski definition) is 4. The molecule has 0 fully saturated rings. The minimum atomic E-state index is 0. The Morgan fingerprint density at radius 2 is 1.83 bits per heavy atom. The van der Waals surface area contributed by atoms with E-state index in [1.165, 1.54) is 5.56 Å². The lowest BCUT2D eigenvalue weighted by molar-refractivity contribution is 0.407. The van der Waals surface area contributed by atoms with Crippen LogP contribution < -0.4 is 20.5 Å². The molecule has 0 bridgehead atoms. The molecule has 3 rings (SSSR count). The Morgan fingerprint density at radius 1 is 1.07 bits per heavy atom. The summed E-state index contributed by atoms with van der Waals surface area (Å²) in [5.74, 6) is 2.72. The molecule has 0 unspecified atom stereocenters. The first-order valence-corrected chi connectivity index (χ1v) is 9.47. The summed E-state index contributed by atoms with van der Waals surface area (Å²) in [6.07, 6.45) is 1.73. The van der Waals surface area contributed by atoms with Crippen molar-refractivity contribution < 1.29 is 9.47 Å². The first kappa shape index (κ1) is 23.5. The Labute approximate surface area is 194 Å². The number of guanidine groups is 1. The molecule has 6 nitrogen and oxygen atoms in total. The molecule has 0 spiro atoms. The number of aliphatic imine (C=N–C) groups is 1. The van der Waals surface area contributed by atoms with Crippen LogP contribution in [0.2, 0.25) is 0 Å². The lowest BCUT2D eigenvalue weighted by Gasteiger charge is -2.10. The molecule has 1 aromatic heterocycles. The molecule has 0 amide bonds. The zero-order valence-corrected chi connectivity index (χ0v) is 19.7. The van der Waals surface area contributed by atoms with Crippen LogP contribution in [0.3, 0.4) is 0 Å². The average molecular weight is 518 g/mol. The Hall–Kier alpha value is -2.81. The average Bonchev–Trinajstić information content (AvgIpc) is 2.73. The summed E-state index contributed by atoms with van der Waals surface area (Å²) in [5, 5.41) is 3.13. The van der Waals surface area contributed by atoms with Gasteiger partial charge >= 0.3 is 0 Å². The molecule has 7 heteroatoms. The van der Waals surface area contributed by atoms with E-state index in [0.717, 1.165) is 17.0 Å². The van der Waals surface area contributed by atoms with Crippen molar-refractivity contribution >= 4 is 35.6 Å². The predicted octanol–water partition coefficient (Wildman–Crippen LogP) is 5.55. The number of nitrogens with zero attached hydrogens (tertiary/aromatic N) is 2. The lowest BCUT2D eigenvalue weighted by atomic mass is 10.0. The molecule has 1 heterocycles. The van der Waals surface area contributed by atoms with Gasteiger partial charge in [-0.1, -0.05) is 38.1 Å². The highest BCUT2D eigenvalue weighted by Gasteiger charge is 2.03. The van der Waals surface area contributed by atoms with Gasteiger partial charge in [0.1, 0.15) is 11.5 Å². The van der Waals surface area contributed by atoms with Gasteiger partial charge in [-0.05, 0) is 41.3 Å². The van der Waals surface area contributed by atoms with E-state index in [1.807, 2.05) is 36.4 Å². The maximum atomic E-state index is 6.02. The SMILES string of the molecule is COc1cccc(Oc2ccc(CN=C(N)Nc3cccc(C(C)C)c3)cn2)c1.I. The molecule has 158 valence electrons. The summed E-state index contributed by atoms with van der Waals surface area (Å²) in [6, 6.07) is 19.3. The van der Waals surface area contributed by atoms with Crippen LogP contribution in [0.5, 0.6) is 17.4 Å². The maximum absolute atomic E-state index is 6.02. The molecule has 0 aliphatic carbocycles. The second-order valence-electron chi connectivity index (χ2n) is 6.89. The molecule has 0 aliphatic heterocycles. The molecule has 0 atom stereocenters. The minimum absolute atomic E-state index is 0. The summed E-state index contributed by atoms with van der Waals surface area (Å²) < 4.78 is 10.9. The fourth-order valence-electron chi connectivity index (χ4n) is 2.69. The van der Waals surface area contributed by atoms with Crippen LogP contribution >= 0.6 is 24.0 Å². The number of methoxy groups -OCH3 is 1. The number of benzene rings is 2. The van der Waals surface area contributed by atoms with Gasteiger partial charge in [-0.25, -0.2) is 9.98 Å². The number of pyridine rings is 1. The van der Waals surface area contributed by atoms with E-state index < -0.39 is 0 Å². The summed E-state index contributed by atoms with van der Waals surface area (Å²) in [5.41, 5.74) is 9.13. The molecule has 0 saturated heterocycles. The van der Waals surface area contributed by atoms with E-state index >= 15 is 0 Å². The number of nitrogens with one attached hydrogen (secondary N) is 1. The van der Waals surface area contributed by atoms with Crippen molar-refractivity contribution in [2.75, 3.05) is 12.4 Å². The van der Waals surface area contributed by atoms with Crippen molar-refractivity contribution in [3.05, 3.63) is 78.0 Å². The van der Waals surface area contributed by atoms with Gasteiger partial charge in [0, 0.05) is 24.0 Å². The molecule has 3 aromatic rings. The first-order chi connectivity index (χ1) is 14.0. The van der Waals surface area contributed by atoms with Gasteiger partial charge in [0.05, 0.1) is 13.7 Å². The van der Waals surface area contributed by atoms with Crippen LogP contribution in [0.25, 0.3) is 0 Å². The van der Waals surface area contributed by atoms with Gasteiger partial charge in [-0.15, -0.1) is 24.0 Å². The molecule has 3 N–H and O–H groups in total. The van der Waals surface area contributed by atoms with Crippen molar-refractivity contribution in [2.45, 2.75) is 26.3 Å². The second kappa shape index (κ2) is 11.4. The topological polar surface area (TPSA) is 81.8 Å². The minimum Gasteiger partial charge on any atom is -0.497 e. The van der Waals surface area contributed by atoms with Gasteiger partial charge < -0.3 is 20.5 Å². The zero-order valence-electron chi connectivity index (χ0n) is 17.3. The highest BCUT2D eigenvalue weighted by atomic mass is 127. The maximum Gasteiger partial charge on any atom is 0.219 e. The number of ether oxygens (including phenoxy) is 2. The number of aromatic nitrogens is 1. The van der Waals surface area contributed by atoms with Crippen LogP contribution in [0.1, 0.15) is 30.9 Å². The quantitative estimate of drug-likeness (QED) is 0.244. The molecule has 0 aliphatic rings. The third kappa shape index (κ3) is 6.91. The number of hydrogen-bond donors (Lipinski definition) is 2. The largest absolute Gasteiger partial charge is 0.497 e. The standard InChI is InChI=1S/C23H26N4O2.HI/c1-16(2)18-6-4-7-19(12-18)27-23(24)26-15-17-10-11-22(25-14-17)29-21-9-5-8-20(13-21)28-3;/h4-14,16H,15H2,1-3H3,(H3,24,26,27);1H. The third-order valence-electron chi connectivity index (χ3n) is 4.32. The number of nitrogens with two attached hydrogens (primary N) is 1. The summed E-state index contributed by atoms with van der Waals surface area (Å²) in [4.78, 5) is 8.72. The smallest absolute Gasteiger partial charge is 0.219 e. The molecule has 2 aromatic carbocycles.